The third-order valence-electron chi connectivity index (χ3n) is 4.30. The van der Waals surface area contributed by atoms with Gasteiger partial charge in [-0.2, -0.15) is 0 Å². The number of nitrogens with one attached hydrogen (secondary N) is 1. The molecule has 0 aromatic carbocycles. The first-order chi connectivity index (χ1) is 9.72. The molecule has 2 heterocycles. The molecular weight excluding hydrogens is 248 g/mol. The Kier molecular flexibility index (Phi) is 6.02. The second-order valence-corrected chi connectivity index (χ2v) is 6.22. The van der Waals surface area contributed by atoms with E-state index in [4.69, 9.17) is 0 Å². The summed E-state index contributed by atoms with van der Waals surface area (Å²) >= 11 is 0. The Hall–Kier alpha value is -0.900. The van der Waals surface area contributed by atoms with Gasteiger partial charge in [0, 0.05) is 19.0 Å². The Labute approximate surface area is 123 Å². The minimum atomic E-state index is 0.297. The van der Waals surface area contributed by atoms with Crippen LogP contribution in [-0.4, -0.2) is 20.8 Å². The standard InChI is InChI=1S/C16H30N4/c1-4-5-7-10-13(2)17-14(3)16-19-18-15-11-8-6-9-12-20(15)16/h13-14,17H,4-12H2,1-3H3. The van der Waals surface area contributed by atoms with Gasteiger partial charge in [0.15, 0.2) is 0 Å². The van der Waals surface area contributed by atoms with Crippen molar-refractivity contribution in [3.8, 4) is 0 Å². The number of unbranched alkanes of at least 4 members (excludes halogenated alkanes) is 2. The first-order valence-electron chi connectivity index (χ1n) is 8.40. The summed E-state index contributed by atoms with van der Waals surface area (Å²) in [5, 5.41) is 12.5. The smallest absolute Gasteiger partial charge is 0.149 e. The highest BCUT2D eigenvalue weighted by atomic mass is 15.3. The summed E-state index contributed by atoms with van der Waals surface area (Å²) < 4.78 is 2.35. The Morgan fingerprint density at radius 1 is 1.15 bits per heavy atom. The van der Waals surface area contributed by atoms with Crippen LogP contribution in [0.25, 0.3) is 0 Å². The van der Waals surface area contributed by atoms with Crippen molar-refractivity contribution in [1.29, 1.82) is 0 Å². The average molecular weight is 278 g/mol. The maximum atomic E-state index is 4.44. The molecule has 0 aliphatic carbocycles. The van der Waals surface area contributed by atoms with Gasteiger partial charge in [-0.15, -0.1) is 10.2 Å². The largest absolute Gasteiger partial charge is 0.314 e. The molecule has 1 aromatic rings. The van der Waals surface area contributed by atoms with E-state index in [-0.39, 0.29) is 0 Å². The molecular formula is C16H30N4. The van der Waals surface area contributed by atoms with Crippen molar-refractivity contribution in [3.05, 3.63) is 11.6 Å². The Morgan fingerprint density at radius 2 is 2.00 bits per heavy atom. The van der Waals surface area contributed by atoms with Crippen LogP contribution in [0, 0.1) is 0 Å². The van der Waals surface area contributed by atoms with Crippen molar-refractivity contribution in [2.75, 3.05) is 0 Å². The van der Waals surface area contributed by atoms with Crippen LogP contribution in [0.5, 0.6) is 0 Å². The molecule has 1 aliphatic rings. The minimum Gasteiger partial charge on any atom is -0.314 e. The van der Waals surface area contributed by atoms with Crippen molar-refractivity contribution in [2.45, 2.75) is 90.8 Å². The molecule has 0 bridgehead atoms. The van der Waals surface area contributed by atoms with E-state index in [0.717, 1.165) is 18.8 Å². The number of nitrogens with zero attached hydrogens (tertiary/aromatic N) is 3. The maximum Gasteiger partial charge on any atom is 0.149 e. The van der Waals surface area contributed by atoms with Crippen molar-refractivity contribution < 1.29 is 0 Å². The van der Waals surface area contributed by atoms with Gasteiger partial charge in [-0.3, -0.25) is 0 Å². The second kappa shape index (κ2) is 7.77. The van der Waals surface area contributed by atoms with Gasteiger partial charge in [0.25, 0.3) is 0 Å². The van der Waals surface area contributed by atoms with Crippen LogP contribution in [0.3, 0.4) is 0 Å². The maximum absolute atomic E-state index is 4.44. The number of aryl methyl sites for hydroxylation is 1. The fourth-order valence-corrected chi connectivity index (χ4v) is 3.11. The molecule has 4 nitrogen and oxygen atoms in total. The highest BCUT2D eigenvalue weighted by Gasteiger charge is 2.20. The van der Waals surface area contributed by atoms with Crippen LogP contribution in [0.2, 0.25) is 0 Å². The van der Waals surface area contributed by atoms with E-state index in [2.05, 4.69) is 40.9 Å². The van der Waals surface area contributed by atoms with Gasteiger partial charge in [-0.1, -0.05) is 32.6 Å². The summed E-state index contributed by atoms with van der Waals surface area (Å²) in [5.74, 6) is 2.31. The molecule has 0 saturated carbocycles. The van der Waals surface area contributed by atoms with Crippen LogP contribution < -0.4 is 5.32 Å². The third kappa shape index (κ3) is 4.05. The predicted molar refractivity (Wildman–Crippen MR) is 82.7 cm³/mol. The second-order valence-electron chi connectivity index (χ2n) is 6.22. The minimum absolute atomic E-state index is 0.297. The Balaban J connectivity index is 1.92. The summed E-state index contributed by atoms with van der Waals surface area (Å²) in [6.45, 7) is 7.85. The Morgan fingerprint density at radius 3 is 2.80 bits per heavy atom. The normalized spacial score (nSPS) is 18.4. The van der Waals surface area contributed by atoms with E-state index in [1.54, 1.807) is 0 Å². The summed E-state index contributed by atoms with van der Waals surface area (Å²) in [5.41, 5.74) is 0. The summed E-state index contributed by atoms with van der Waals surface area (Å²) in [6.07, 6.45) is 10.1. The van der Waals surface area contributed by atoms with Gasteiger partial charge < -0.3 is 9.88 Å². The van der Waals surface area contributed by atoms with Gasteiger partial charge in [0.2, 0.25) is 0 Å². The van der Waals surface area contributed by atoms with E-state index in [0.29, 0.717) is 12.1 Å². The van der Waals surface area contributed by atoms with E-state index < -0.39 is 0 Å². The first-order valence-corrected chi connectivity index (χ1v) is 8.40. The quantitative estimate of drug-likeness (QED) is 0.775. The lowest BCUT2D eigenvalue weighted by Crippen LogP contribution is -2.30. The molecule has 4 heteroatoms. The monoisotopic (exact) mass is 278 g/mol. The lowest BCUT2D eigenvalue weighted by Gasteiger charge is -2.20. The molecule has 1 aromatic heterocycles. The topological polar surface area (TPSA) is 42.7 Å². The lowest BCUT2D eigenvalue weighted by molar-refractivity contribution is 0.416. The van der Waals surface area contributed by atoms with Crippen LogP contribution in [0.4, 0.5) is 0 Å². The first kappa shape index (κ1) is 15.5. The van der Waals surface area contributed by atoms with Crippen molar-refractivity contribution in [2.24, 2.45) is 0 Å². The molecule has 0 amide bonds. The summed E-state index contributed by atoms with van der Waals surface area (Å²) in [7, 11) is 0. The zero-order valence-electron chi connectivity index (χ0n) is 13.4. The molecule has 1 aliphatic heterocycles. The predicted octanol–water partition coefficient (Wildman–Crippen LogP) is 3.62. The fraction of sp³-hybridized carbons (Fsp3) is 0.875. The molecule has 0 saturated heterocycles. The molecule has 2 rings (SSSR count). The van der Waals surface area contributed by atoms with E-state index in [1.165, 1.54) is 50.8 Å². The van der Waals surface area contributed by atoms with Gasteiger partial charge in [-0.25, -0.2) is 0 Å². The number of hydrogen-bond acceptors (Lipinski definition) is 3. The van der Waals surface area contributed by atoms with Crippen LogP contribution in [-0.2, 0) is 13.0 Å². The molecule has 20 heavy (non-hydrogen) atoms. The SMILES string of the molecule is CCCCCC(C)NC(C)c1nnc2n1CCCCC2. The highest BCUT2D eigenvalue weighted by Crippen LogP contribution is 2.19. The molecule has 2 unspecified atom stereocenters. The third-order valence-corrected chi connectivity index (χ3v) is 4.30. The number of hydrogen-bond donors (Lipinski definition) is 1. The Bertz CT molecular complexity index is 399. The highest BCUT2D eigenvalue weighted by molar-refractivity contribution is 5.02. The molecule has 0 spiro atoms. The van der Waals surface area contributed by atoms with E-state index in [1.807, 2.05) is 0 Å². The summed E-state index contributed by atoms with van der Waals surface area (Å²) in [6, 6.07) is 0.848. The number of aromatic nitrogens is 3. The van der Waals surface area contributed by atoms with Gasteiger partial charge >= 0.3 is 0 Å². The molecule has 114 valence electrons. The van der Waals surface area contributed by atoms with Gasteiger partial charge in [0.05, 0.1) is 6.04 Å². The number of rotatable bonds is 7. The van der Waals surface area contributed by atoms with Crippen molar-refractivity contribution in [1.82, 2.24) is 20.1 Å². The molecule has 2 atom stereocenters. The average Bonchev–Trinajstić information content (AvgIpc) is 2.68. The van der Waals surface area contributed by atoms with Gasteiger partial charge in [-0.05, 0) is 33.1 Å². The fourth-order valence-electron chi connectivity index (χ4n) is 3.11. The molecule has 0 radical (unpaired) electrons. The lowest BCUT2D eigenvalue weighted by atomic mass is 10.1. The van der Waals surface area contributed by atoms with Gasteiger partial charge in [0.1, 0.15) is 11.6 Å². The number of fused-ring (bicyclic) bond motifs is 1. The van der Waals surface area contributed by atoms with Crippen molar-refractivity contribution >= 4 is 0 Å². The molecule has 0 fully saturated rings. The van der Waals surface area contributed by atoms with Crippen LogP contribution in [0.1, 0.15) is 83.4 Å². The van der Waals surface area contributed by atoms with E-state index >= 15 is 0 Å². The van der Waals surface area contributed by atoms with Crippen LogP contribution >= 0.6 is 0 Å². The van der Waals surface area contributed by atoms with Crippen LogP contribution in [0.15, 0.2) is 0 Å². The zero-order chi connectivity index (χ0) is 14.4. The zero-order valence-corrected chi connectivity index (χ0v) is 13.4. The molecule has 1 N–H and O–H groups in total. The summed E-state index contributed by atoms with van der Waals surface area (Å²) in [4.78, 5) is 0. The van der Waals surface area contributed by atoms with E-state index in [9.17, 15) is 0 Å². The van der Waals surface area contributed by atoms with Crippen molar-refractivity contribution in [3.63, 3.8) is 0 Å².